The number of methoxy groups -OCH3 is 2. The van der Waals surface area contributed by atoms with Crippen molar-refractivity contribution in [1.82, 2.24) is 31.5 Å². The summed E-state index contributed by atoms with van der Waals surface area (Å²) in [6.07, 6.45) is 7.88. The first-order valence-corrected chi connectivity index (χ1v) is 24.2. The molecule has 5 N–H and O–H groups in total. The van der Waals surface area contributed by atoms with Crippen molar-refractivity contribution in [1.29, 1.82) is 0 Å². The van der Waals surface area contributed by atoms with E-state index in [0.717, 1.165) is 48.8 Å². The Morgan fingerprint density at radius 2 is 1.29 bits per heavy atom. The van der Waals surface area contributed by atoms with E-state index in [9.17, 15) is 43.2 Å². The Morgan fingerprint density at radius 1 is 0.638 bits per heavy atom. The second-order valence-corrected chi connectivity index (χ2v) is 18.4. The Labute approximate surface area is 406 Å². The van der Waals surface area contributed by atoms with Gasteiger partial charge in [0.2, 0.25) is 23.6 Å². The van der Waals surface area contributed by atoms with E-state index < -0.39 is 71.3 Å². The summed E-state index contributed by atoms with van der Waals surface area (Å²) in [4.78, 5) is 122. The number of nitrogens with zero attached hydrogens (tertiary/aromatic N) is 2. The molecule has 0 bridgehead atoms. The molecule has 3 rings (SSSR count). The highest BCUT2D eigenvalue weighted by Gasteiger charge is 2.36. The molecule has 1 aliphatic heterocycles. The minimum absolute atomic E-state index is 0.00402. The lowest BCUT2D eigenvalue weighted by atomic mass is 9.92. The zero-order valence-corrected chi connectivity index (χ0v) is 41.8. The molecule has 0 radical (unpaired) electrons. The van der Waals surface area contributed by atoms with Gasteiger partial charge in [-0.05, 0) is 83.9 Å². The fraction of sp³-hybridized carbons (Fsp3) is 0.620. The minimum atomic E-state index is -1.38. The lowest BCUT2D eigenvalue weighted by Gasteiger charge is -2.30. The molecule has 0 spiro atoms. The van der Waals surface area contributed by atoms with Crippen LogP contribution in [0.5, 0.6) is 0 Å². The number of carbonyl (C=O) groups excluding carboxylic acids is 9. The quantitative estimate of drug-likeness (QED) is 0.0293. The zero-order chi connectivity index (χ0) is 51.1. The van der Waals surface area contributed by atoms with Crippen molar-refractivity contribution in [3.8, 4) is 0 Å². The third-order valence-corrected chi connectivity index (χ3v) is 11.5. The third kappa shape index (κ3) is 19.0. The highest BCUT2D eigenvalue weighted by atomic mass is 16.6. The number of imide groups is 1. The summed E-state index contributed by atoms with van der Waals surface area (Å²) >= 11 is 0. The van der Waals surface area contributed by atoms with Crippen molar-refractivity contribution >= 4 is 69.9 Å². The van der Waals surface area contributed by atoms with E-state index in [1.165, 1.54) is 26.4 Å². The summed E-state index contributed by atoms with van der Waals surface area (Å²) in [6.45, 7) is 7.04. The molecule has 3 atom stereocenters. The van der Waals surface area contributed by atoms with Gasteiger partial charge in [-0.3, -0.25) is 38.5 Å². The Morgan fingerprint density at radius 3 is 1.94 bits per heavy atom. The molecule has 1 aliphatic rings. The van der Waals surface area contributed by atoms with Gasteiger partial charge in [0.15, 0.2) is 0 Å². The summed E-state index contributed by atoms with van der Waals surface area (Å²) in [5.41, 5.74) is 0.512. The molecule has 2 aromatic rings. The number of rotatable bonds is 30. The molecule has 0 saturated heterocycles. The molecular weight excluding hydrogens is 891 g/mol. The fourth-order valence-corrected chi connectivity index (χ4v) is 7.89. The van der Waals surface area contributed by atoms with Crippen LogP contribution in [-0.4, -0.2) is 130 Å². The number of esters is 2. The topological polar surface area (TPSA) is 248 Å². The Hall–Kier alpha value is -6.27. The van der Waals surface area contributed by atoms with Crippen LogP contribution < -0.4 is 31.5 Å². The van der Waals surface area contributed by atoms with Crippen molar-refractivity contribution in [3.63, 3.8) is 0 Å². The smallest absolute Gasteiger partial charge is 0.408 e. The van der Waals surface area contributed by atoms with E-state index in [4.69, 9.17) is 9.47 Å². The van der Waals surface area contributed by atoms with E-state index in [1.54, 1.807) is 45.0 Å². The van der Waals surface area contributed by atoms with Gasteiger partial charge >= 0.3 is 18.0 Å². The van der Waals surface area contributed by atoms with Gasteiger partial charge in [0.25, 0.3) is 11.8 Å². The van der Waals surface area contributed by atoms with Crippen LogP contribution in [0, 0.1) is 0 Å². The van der Waals surface area contributed by atoms with Gasteiger partial charge in [0.1, 0.15) is 23.7 Å². The summed E-state index contributed by atoms with van der Waals surface area (Å²) < 4.78 is 14.9. The average molecular weight is 966 g/mol. The molecule has 19 heteroatoms. The predicted molar refractivity (Wildman–Crippen MR) is 260 cm³/mol. The average Bonchev–Trinajstić information content (AvgIpc) is 3.30. The number of nitrogens with one attached hydrogen (secondary N) is 5. The third-order valence-electron chi connectivity index (χ3n) is 11.5. The molecule has 0 unspecified atom stereocenters. The number of benzene rings is 2. The molecule has 69 heavy (non-hydrogen) atoms. The summed E-state index contributed by atoms with van der Waals surface area (Å²) in [7, 11) is 6.09. The maximum atomic E-state index is 14.2. The standard InChI is InChI=1S/C50H75N7O12/c1-9-10-11-12-13-14-15-23-40(58)51-30-17-16-22-36(55-49(66)69-50(2,3)4)45(62)54-37(44(61)52-31-28-38(48(65)68-8)53-41(59)24-19-25-42(60)67-7)29-32-57-46(63)34-21-18-20-33-39(56(5)6)27-26-35(43(33)34)47(57)64/h18,20-21,26-27,36-38H,9-17,19,22-25,28-32H2,1-8H3,(H,51,58)(H,52,61)(H,53,59)(H,54,62)(H,55,66)/t36-,37+,38+/m0/s1. The largest absolute Gasteiger partial charge is 0.469 e. The van der Waals surface area contributed by atoms with E-state index in [0.29, 0.717) is 42.3 Å². The second-order valence-electron chi connectivity index (χ2n) is 18.4. The van der Waals surface area contributed by atoms with Gasteiger partial charge in [-0.15, -0.1) is 0 Å². The van der Waals surface area contributed by atoms with Crippen molar-refractivity contribution < 1.29 is 57.4 Å². The van der Waals surface area contributed by atoms with Crippen LogP contribution in [0.25, 0.3) is 10.8 Å². The molecule has 7 amide bonds. The van der Waals surface area contributed by atoms with E-state index >= 15 is 0 Å². The molecule has 2 aromatic carbocycles. The predicted octanol–water partition coefficient (Wildman–Crippen LogP) is 5.20. The van der Waals surface area contributed by atoms with Crippen LogP contribution in [0.1, 0.15) is 151 Å². The van der Waals surface area contributed by atoms with Crippen molar-refractivity contribution in [2.24, 2.45) is 0 Å². The van der Waals surface area contributed by atoms with Crippen LogP contribution in [0.3, 0.4) is 0 Å². The Balaban J connectivity index is 1.80. The van der Waals surface area contributed by atoms with Crippen molar-refractivity contribution in [3.05, 3.63) is 41.5 Å². The minimum Gasteiger partial charge on any atom is -0.469 e. The summed E-state index contributed by atoms with van der Waals surface area (Å²) in [6, 6.07) is 4.87. The van der Waals surface area contributed by atoms with Gasteiger partial charge in [0, 0.05) is 80.6 Å². The molecule has 0 fully saturated rings. The first-order chi connectivity index (χ1) is 32.8. The number of alkyl carbamates (subject to hydrolysis) is 1. The molecule has 0 saturated carbocycles. The van der Waals surface area contributed by atoms with Crippen LogP contribution in [0.2, 0.25) is 0 Å². The maximum absolute atomic E-state index is 14.2. The number of amides is 7. The Bertz CT molecular complexity index is 2080. The van der Waals surface area contributed by atoms with E-state index in [1.807, 2.05) is 25.1 Å². The number of anilines is 1. The number of hydrogen-bond donors (Lipinski definition) is 5. The van der Waals surface area contributed by atoms with E-state index in [2.05, 4.69) is 38.2 Å². The first kappa shape index (κ1) is 57.1. The summed E-state index contributed by atoms with van der Waals surface area (Å²) in [5.74, 6) is -4.53. The Kier molecular flexibility index (Phi) is 23.9. The number of hydrogen-bond acceptors (Lipinski definition) is 13. The van der Waals surface area contributed by atoms with E-state index in [-0.39, 0.29) is 57.5 Å². The van der Waals surface area contributed by atoms with Gasteiger partial charge in [-0.1, -0.05) is 57.6 Å². The highest BCUT2D eigenvalue weighted by molar-refractivity contribution is 6.26. The van der Waals surface area contributed by atoms with Crippen LogP contribution in [0.4, 0.5) is 10.5 Å². The fourth-order valence-electron chi connectivity index (χ4n) is 7.89. The first-order valence-electron chi connectivity index (χ1n) is 24.2. The molecule has 1 heterocycles. The number of unbranched alkanes of at least 4 members (excludes halogenated alkanes) is 7. The van der Waals surface area contributed by atoms with Gasteiger partial charge in [-0.25, -0.2) is 9.59 Å². The monoisotopic (exact) mass is 966 g/mol. The van der Waals surface area contributed by atoms with Crippen LogP contribution in [-0.2, 0) is 43.0 Å². The summed E-state index contributed by atoms with van der Waals surface area (Å²) in [5, 5.41) is 14.7. The van der Waals surface area contributed by atoms with Crippen LogP contribution >= 0.6 is 0 Å². The molecular formula is C50H75N7O12. The maximum Gasteiger partial charge on any atom is 0.408 e. The molecule has 19 nitrogen and oxygen atoms in total. The lowest BCUT2D eigenvalue weighted by molar-refractivity contribution is -0.145. The van der Waals surface area contributed by atoms with Crippen molar-refractivity contribution in [2.45, 2.75) is 154 Å². The zero-order valence-electron chi connectivity index (χ0n) is 41.8. The lowest BCUT2D eigenvalue weighted by Crippen LogP contribution is -2.55. The molecule has 0 aromatic heterocycles. The van der Waals surface area contributed by atoms with Crippen molar-refractivity contribution in [2.75, 3.05) is 52.8 Å². The highest BCUT2D eigenvalue weighted by Crippen LogP contribution is 2.35. The second kappa shape index (κ2) is 28.9. The number of ether oxygens (including phenoxy) is 3. The molecule has 0 aliphatic carbocycles. The molecule has 382 valence electrons. The SMILES string of the molecule is CCCCCCCCCC(=O)NCCCC[C@H](NC(=O)OC(C)(C)C)C(=O)N[C@H](CCN1C(=O)c2cccc3c(N(C)C)ccc(c23)C1=O)C(=O)NCC[C@@H](NC(=O)CCCC(=O)OC)C(=O)OC. The van der Waals surface area contributed by atoms with Crippen LogP contribution in [0.15, 0.2) is 30.3 Å². The van der Waals surface area contributed by atoms with Gasteiger partial charge < -0.3 is 45.7 Å². The number of carbonyl (C=O) groups is 9. The van der Waals surface area contributed by atoms with Gasteiger partial charge in [-0.2, -0.15) is 0 Å². The normalized spacial score (nSPS) is 13.4. The van der Waals surface area contributed by atoms with Gasteiger partial charge in [0.05, 0.1) is 14.2 Å².